The van der Waals surface area contributed by atoms with Crippen LogP contribution in [0.3, 0.4) is 0 Å². The highest BCUT2D eigenvalue weighted by molar-refractivity contribution is 6.32. The average Bonchev–Trinajstić information content (AvgIpc) is 3.19. The van der Waals surface area contributed by atoms with Crippen LogP contribution in [0, 0.1) is 12.8 Å². The number of hydrogen-bond donors (Lipinski definition) is 1. The molecule has 1 aliphatic heterocycles. The zero-order valence-corrected chi connectivity index (χ0v) is 18.8. The number of aromatic amines is 1. The number of nitrogens with zero attached hydrogens (tertiary/aromatic N) is 4. The summed E-state index contributed by atoms with van der Waals surface area (Å²) in [6.45, 7) is 2.46. The summed E-state index contributed by atoms with van der Waals surface area (Å²) in [5, 5.41) is 3.89. The summed E-state index contributed by atoms with van der Waals surface area (Å²) in [5.74, 6) is 0.554. The van der Waals surface area contributed by atoms with Crippen LogP contribution in [0.2, 0.25) is 5.02 Å². The number of halogens is 4. The lowest BCUT2D eigenvalue weighted by molar-refractivity contribution is -0.137. The van der Waals surface area contributed by atoms with Crippen LogP contribution in [0.15, 0.2) is 48.8 Å². The zero-order chi connectivity index (χ0) is 23.8. The van der Waals surface area contributed by atoms with Crippen LogP contribution in [0.25, 0.3) is 16.7 Å². The molecule has 10 heteroatoms. The number of rotatable bonds is 3. The summed E-state index contributed by atoms with van der Waals surface area (Å²) in [5.41, 5.74) is 1.15. The number of nitrogens with one attached hydrogen (secondary N) is 1. The van der Waals surface area contributed by atoms with Crippen molar-refractivity contribution in [1.82, 2.24) is 24.6 Å². The van der Waals surface area contributed by atoms with Crippen LogP contribution in [-0.2, 0) is 11.7 Å². The summed E-state index contributed by atoms with van der Waals surface area (Å²) in [6, 6.07) is 9.64. The van der Waals surface area contributed by atoms with Gasteiger partial charge >= 0.3 is 6.18 Å². The first-order chi connectivity index (χ1) is 16.2. The van der Waals surface area contributed by atoms with Gasteiger partial charge in [0.05, 0.1) is 32.9 Å². The number of likely N-dealkylation sites (tertiary alicyclic amines) is 1. The van der Waals surface area contributed by atoms with E-state index >= 15 is 0 Å². The molecule has 0 bridgehead atoms. The first-order valence-electron chi connectivity index (χ1n) is 10.9. The maximum absolute atomic E-state index is 13.9. The number of piperidine rings is 1. The summed E-state index contributed by atoms with van der Waals surface area (Å²) in [4.78, 5) is 23.3. The van der Waals surface area contributed by atoms with Crippen LogP contribution in [0.1, 0.15) is 40.2 Å². The van der Waals surface area contributed by atoms with E-state index in [0.29, 0.717) is 35.6 Å². The normalized spacial score (nSPS) is 21.8. The molecule has 1 saturated heterocycles. The fourth-order valence-electron chi connectivity index (χ4n) is 5.20. The quantitative estimate of drug-likeness (QED) is 0.417. The van der Waals surface area contributed by atoms with Gasteiger partial charge in [-0.3, -0.25) is 4.79 Å². The second-order valence-electron chi connectivity index (χ2n) is 8.97. The molecule has 2 aliphatic rings. The SMILES string of the molecule is Cc1ccc(-n2cccn2)c(C(=O)N2CC[C@@H]3C[C@@]32c2nc3cc(C(F)(F)F)c(Cl)cc3[nH]2)c1. The van der Waals surface area contributed by atoms with Gasteiger partial charge < -0.3 is 9.88 Å². The van der Waals surface area contributed by atoms with Gasteiger partial charge in [-0.05, 0) is 56.0 Å². The van der Waals surface area contributed by atoms with Gasteiger partial charge in [0, 0.05) is 18.9 Å². The maximum atomic E-state index is 13.9. The molecule has 1 aliphatic carbocycles. The number of carbonyl (C=O) groups excluding carboxylic acids is 1. The van der Waals surface area contributed by atoms with Crippen LogP contribution < -0.4 is 0 Å². The molecule has 6 nitrogen and oxygen atoms in total. The molecule has 2 aromatic heterocycles. The smallest absolute Gasteiger partial charge is 0.340 e. The molecule has 1 saturated carbocycles. The molecule has 0 spiro atoms. The van der Waals surface area contributed by atoms with Crippen molar-refractivity contribution in [3.8, 4) is 5.69 Å². The van der Waals surface area contributed by atoms with E-state index in [1.807, 2.05) is 30.0 Å². The number of aromatic nitrogens is 4. The second-order valence-corrected chi connectivity index (χ2v) is 9.38. The highest BCUT2D eigenvalue weighted by Gasteiger charge is 2.66. The molecule has 34 heavy (non-hydrogen) atoms. The Morgan fingerprint density at radius 2 is 2.09 bits per heavy atom. The third-order valence-electron chi connectivity index (χ3n) is 6.92. The van der Waals surface area contributed by atoms with E-state index in [1.54, 1.807) is 23.1 Å². The van der Waals surface area contributed by atoms with E-state index in [-0.39, 0.29) is 22.4 Å². The summed E-state index contributed by atoms with van der Waals surface area (Å²) < 4.78 is 41.6. The summed E-state index contributed by atoms with van der Waals surface area (Å²) >= 11 is 5.90. The number of alkyl halides is 3. The lowest BCUT2D eigenvalue weighted by Gasteiger charge is -2.28. The molecule has 1 amide bonds. The number of imidazole rings is 1. The minimum absolute atomic E-state index is 0.149. The fourth-order valence-corrected chi connectivity index (χ4v) is 5.47. The largest absolute Gasteiger partial charge is 0.417 e. The number of benzene rings is 2. The number of hydrogen-bond acceptors (Lipinski definition) is 3. The minimum atomic E-state index is -4.58. The van der Waals surface area contributed by atoms with Crippen molar-refractivity contribution in [2.24, 2.45) is 5.92 Å². The van der Waals surface area contributed by atoms with Crippen LogP contribution in [-0.4, -0.2) is 37.1 Å². The van der Waals surface area contributed by atoms with Crippen molar-refractivity contribution in [2.75, 3.05) is 6.54 Å². The first kappa shape index (κ1) is 21.2. The van der Waals surface area contributed by atoms with E-state index in [1.165, 1.54) is 6.07 Å². The Balaban J connectivity index is 1.42. The van der Waals surface area contributed by atoms with Crippen molar-refractivity contribution in [1.29, 1.82) is 0 Å². The third kappa shape index (κ3) is 3.06. The molecule has 1 N–H and O–H groups in total. The molecule has 174 valence electrons. The van der Waals surface area contributed by atoms with Crippen LogP contribution >= 0.6 is 11.6 Å². The summed E-state index contributed by atoms with van der Waals surface area (Å²) in [7, 11) is 0. The summed E-state index contributed by atoms with van der Waals surface area (Å²) in [6.07, 6.45) is 0.370. The monoisotopic (exact) mass is 485 g/mol. The Bertz CT molecular complexity index is 1450. The van der Waals surface area contributed by atoms with E-state index in [0.717, 1.165) is 18.1 Å². The molecule has 2 atom stereocenters. The van der Waals surface area contributed by atoms with Gasteiger partial charge in [0.25, 0.3) is 5.91 Å². The minimum Gasteiger partial charge on any atom is -0.340 e. The fraction of sp³-hybridized carbons (Fsp3) is 0.292. The molecule has 2 fully saturated rings. The van der Waals surface area contributed by atoms with Gasteiger partial charge in [-0.15, -0.1) is 0 Å². The molecule has 0 radical (unpaired) electrons. The van der Waals surface area contributed by atoms with E-state index < -0.39 is 17.3 Å². The molecule has 6 rings (SSSR count). The second kappa shape index (κ2) is 7.09. The Morgan fingerprint density at radius 3 is 2.79 bits per heavy atom. The van der Waals surface area contributed by atoms with Crippen molar-refractivity contribution in [3.05, 3.63) is 76.3 Å². The molecule has 2 aromatic carbocycles. The van der Waals surface area contributed by atoms with E-state index in [9.17, 15) is 18.0 Å². The van der Waals surface area contributed by atoms with Crippen LogP contribution in [0.5, 0.6) is 0 Å². The highest BCUT2D eigenvalue weighted by atomic mass is 35.5. The number of amides is 1. The number of fused-ring (bicyclic) bond motifs is 2. The Kier molecular flexibility index (Phi) is 4.42. The zero-order valence-electron chi connectivity index (χ0n) is 18.0. The molecule has 0 unspecified atom stereocenters. The molecule has 4 aromatic rings. The van der Waals surface area contributed by atoms with Gasteiger partial charge in [-0.25, -0.2) is 9.67 Å². The number of carbonyl (C=O) groups is 1. The number of H-pyrrole nitrogens is 1. The van der Waals surface area contributed by atoms with Crippen molar-refractivity contribution in [2.45, 2.75) is 31.5 Å². The van der Waals surface area contributed by atoms with E-state index in [4.69, 9.17) is 11.6 Å². The van der Waals surface area contributed by atoms with Crippen molar-refractivity contribution < 1.29 is 18.0 Å². The topological polar surface area (TPSA) is 66.8 Å². The van der Waals surface area contributed by atoms with Crippen LogP contribution in [0.4, 0.5) is 13.2 Å². The Morgan fingerprint density at radius 1 is 1.26 bits per heavy atom. The Hall–Kier alpha value is -3.33. The molecular formula is C24H19ClF3N5O. The Labute approximate surface area is 197 Å². The maximum Gasteiger partial charge on any atom is 0.417 e. The average molecular weight is 486 g/mol. The van der Waals surface area contributed by atoms with Crippen molar-refractivity contribution >= 4 is 28.5 Å². The predicted octanol–water partition coefficient (Wildman–Crippen LogP) is 5.49. The number of aryl methyl sites for hydroxylation is 1. The van der Waals surface area contributed by atoms with Gasteiger partial charge in [-0.1, -0.05) is 23.2 Å². The van der Waals surface area contributed by atoms with Gasteiger partial charge in [0.15, 0.2) is 0 Å². The standard InChI is InChI=1S/C24H19ClF3N5O/c1-13-3-4-20(33-7-2-6-29-33)15(9-13)21(34)32-8-5-14-12-23(14,32)22-30-18-10-16(24(26,27)28)17(25)11-19(18)31-22/h2-4,6-7,9-11,14H,5,8,12H2,1H3,(H,30,31)/t14-,23+/m1/s1. The molecular weight excluding hydrogens is 467 g/mol. The lowest BCUT2D eigenvalue weighted by atomic mass is 10.1. The predicted molar refractivity (Wildman–Crippen MR) is 120 cm³/mol. The van der Waals surface area contributed by atoms with Gasteiger partial charge in [0.2, 0.25) is 0 Å². The lowest BCUT2D eigenvalue weighted by Crippen LogP contribution is -2.39. The van der Waals surface area contributed by atoms with Gasteiger partial charge in [0.1, 0.15) is 11.4 Å². The van der Waals surface area contributed by atoms with E-state index in [2.05, 4.69) is 15.1 Å². The highest BCUT2D eigenvalue weighted by Crippen LogP contribution is 2.62. The molecule has 3 heterocycles. The first-order valence-corrected chi connectivity index (χ1v) is 11.3. The third-order valence-corrected chi connectivity index (χ3v) is 7.23. The van der Waals surface area contributed by atoms with Gasteiger partial charge in [-0.2, -0.15) is 18.3 Å². The van der Waals surface area contributed by atoms with Crippen molar-refractivity contribution in [3.63, 3.8) is 0 Å².